The number of allylic oxidation sites excluding steroid dienone is 1. The standard InChI is InChI=1S/C24H26N6/c1-16-12-19-14-20(5-7-22(19)29(16)2)30(3)23-9-11-27-24(25,28-23)15-17-4-6-21-18(13-17)8-10-26-21/h4-14,26,28H,15,25H2,1-3H3. The van der Waals surface area contributed by atoms with E-state index in [1.807, 2.05) is 19.3 Å². The van der Waals surface area contributed by atoms with E-state index >= 15 is 0 Å². The molecule has 0 amide bonds. The van der Waals surface area contributed by atoms with Gasteiger partial charge in [-0.2, -0.15) is 0 Å². The minimum Gasteiger partial charge on any atom is -0.361 e. The van der Waals surface area contributed by atoms with Crippen molar-refractivity contribution in [3.63, 3.8) is 0 Å². The molecule has 4 aromatic rings. The number of nitrogens with one attached hydrogen (secondary N) is 2. The molecule has 1 atom stereocenters. The number of H-pyrrole nitrogens is 1. The van der Waals surface area contributed by atoms with Crippen LogP contribution < -0.4 is 16.0 Å². The Balaban J connectivity index is 1.38. The summed E-state index contributed by atoms with van der Waals surface area (Å²) in [5.41, 5.74) is 12.5. The second kappa shape index (κ2) is 6.78. The molecule has 3 heterocycles. The molecule has 1 aliphatic heterocycles. The number of hydrogen-bond donors (Lipinski definition) is 3. The molecule has 1 aliphatic rings. The Kier molecular flexibility index (Phi) is 4.18. The fourth-order valence-electron chi connectivity index (χ4n) is 4.17. The number of rotatable bonds is 4. The topological polar surface area (TPSA) is 74.4 Å². The SMILES string of the molecule is Cc1cc2cc(N(C)C3=CC=NC(N)(Cc4ccc5[nH]ccc5c4)N3)ccc2n1C. The molecule has 0 saturated carbocycles. The molecule has 4 N–H and O–H groups in total. The van der Waals surface area contributed by atoms with Crippen LogP contribution in [0.15, 0.2) is 71.6 Å². The third kappa shape index (κ3) is 3.15. The molecule has 30 heavy (non-hydrogen) atoms. The van der Waals surface area contributed by atoms with E-state index in [0.717, 1.165) is 22.6 Å². The van der Waals surface area contributed by atoms with Gasteiger partial charge in [0.2, 0.25) is 0 Å². The van der Waals surface area contributed by atoms with Crippen molar-refractivity contribution in [2.24, 2.45) is 17.8 Å². The summed E-state index contributed by atoms with van der Waals surface area (Å²) in [6.45, 7) is 2.12. The first-order valence-electron chi connectivity index (χ1n) is 10.1. The van der Waals surface area contributed by atoms with Crippen LogP contribution >= 0.6 is 0 Å². The van der Waals surface area contributed by atoms with Crippen LogP contribution in [0.4, 0.5) is 5.69 Å². The molecule has 6 heteroatoms. The highest BCUT2D eigenvalue weighted by atomic mass is 15.3. The van der Waals surface area contributed by atoms with Gasteiger partial charge in [-0.1, -0.05) is 6.07 Å². The van der Waals surface area contributed by atoms with Gasteiger partial charge in [0.15, 0.2) is 5.79 Å². The fraction of sp³-hybridized carbons (Fsp3) is 0.208. The van der Waals surface area contributed by atoms with Gasteiger partial charge in [0, 0.05) is 60.7 Å². The number of aryl methyl sites for hydroxylation is 2. The number of aromatic nitrogens is 2. The number of benzene rings is 2. The lowest BCUT2D eigenvalue weighted by atomic mass is 10.0. The summed E-state index contributed by atoms with van der Waals surface area (Å²) >= 11 is 0. The highest BCUT2D eigenvalue weighted by molar-refractivity contribution is 5.86. The first-order chi connectivity index (χ1) is 14.4. The van der Waals surface area contributed by atoms with Crippen LogP contribution in [-0.2, 0) is 13.5 Å². The maximum absolute atomic E-state index is 6.64. The maximum Gasteiger partial charge on any atom is 0.187 e. The average molecular weight is 399 g/mol. The summed E-state index contributed by atoms with van der Waals surface area (Å²) in [5, 5.41) is 5.84. The van der Waals surface area contributed by atoms with Gasteiger partial charge in [-0.25, -0.2) is 0 Å². The van der Waals surface area contributed by atoms with Crippen molar-refractivity contribution in [1.29, 1.82) is 0 Å². The molecule has 2 aromatic heterocycles. The van der Waals surface area contributed by atoms with Crippen LogP contribution in [0, 0.1) is 6.92 Å². The van der Waals surface area contributed by atoms with E-state index in [1.165, 1.54) is 22.0 Å². The van der Waals surface area contributed by atoms with Gasteiger partial charge in [0.1, 0.15) is 5.82 Å². The Hall–Kier alpha value is -3.51. The van der Waals surface area contributed by atoms with Crippen LogP contribution in [0.2, 0.25) is 0 Å². The summed E-state index contributed by atoms with van der Waals surface area (Å²) in [7, 11) is 4.14. The van der Waals surface area contributed by atoms with E-state index in [4.69, 9.17) is 5.73 Å². The Morgan fingerprint density at radius 2 is 1.97 bits per heavy atom. The molecule has 152 valence electrons. The number of aliphatic imine (C=N–C) groups is 1. The van der Waals surface area contributed by atoms with Gasteiger partial charge >= 0.3 is 0 Å². The predicted molar refractivity (Wildman–Crippen MR) is 125 cm³/mol. The predicted octanol–water partition coefficient (Wildman–Crippen LogP) is 3.77. The van der Waals surface area contributed by atoms with Gasteiger partial charge in [-0.3, -0.25) is 10.7 Å². The van der Waals surface area contributed by atoms with Crippen LogP contribution in [0.25, 0.3) is 21.8 Å². The Morgan fingerprint density at radius 1 is 1.10 bits per heavy atom. The van der Waals surface area contributed by atoms with Crippen LogP contribution in [0.3, 0.4) is 0 Å². The number of hydrogen-bond acceptors (Lipinski definition) is 4. The van der Waals surface area contributed by atoms with E-state index < -0.39 is 5.79 Å². The zero-order valence-electron chi connectivity index (χ0n) is 17.5. The molecule has 0 fully saturated rings. The second-order valence-electron chi connectivity index (χ2n) is 8.10. The normalized spacial score (nSPS) is 18.6. The number of nitrogens with two attached hydrogens (primary N) is 1. The molecule has 0 aliphatic carbocycles. The van der Waals surface area contributed by atoms with E-state index in [-0.39, 0.29) is 0 Å². The molecular weight excluding hydrogens is 372 g/mol. The van der Waals surface area contributed by atoms with E-state index in [2.05, 4.69) is 87.3 Å². The lowest BCUT2D eigenvalue weighted by Gasteiger charge is -2.35. The Morgan fingerprint density at radius 3 is 2.83 bits per heavy atom. The first-order valence-corrected chi connectivity index (χ1v) is 10.1. The molecule has 1 unspecified atom stereocenters. The highest BCUT2D eigenvalue weighted by Gasteiger charge is 2.28. The van der Waals surface area contributed by atoms with Crippen LogP contribution in [0.5, 0.6) is 0 Å². The molecule has 6 nitrogen and oxygen atoms in total. The number of aromatic amines is 1. The molecule has 0 spiro atoms. The summed E-state index contributed by atoms with van der Waals surface area (Å²) in [4.78, 5) is 9.88. The van der Waals surface area contributed by atoms with Gasteiger partial charge in [-0.05, 0) is 66.4 Å². The second-order valence-corrected chi connectivity index (χ2v) is 8.10. The van der Waals surface area contributed by atoms with Crippen molar-refractivity contribution in [2.45, 2.75) is 19.1 Å². The zero-order chi connectivity index (χ0) is 20.9. The summed E-state index contributed by atoms with van der Waals surface area (Å²) in [6, 6.07) is 17.1. The number of fused-ring (bicyclic) bond motifs is 2. The highest BCUT2D eigenvalue weighted by Crippen LogP contribution is 2.27. The molecule has 0 bridgehead atoms. The zero-order valence-corrected chi connectivity index (χ0v) is 17.5. The van der Waals surface area contributed by atoms with Crippen LogP contribution in [-0.4, -0.2) is 28.6 Å². The maximum atomic E-state index is 6.64. The number of anilines is 1. The van der Waals surface area contributed by atoms with Crippen molar-refractivity contribution in [2.75, 3.05) is 11.9 Å². The monoisotopic (exact) mass is 398 g/mol. The van der Waals surface area contributed by atoms with Crippen molar-refractivity contribution < 1.29 is 0 Å². The first kappa shape index (κ1) is 18.5. The van der Waals surface area contributed by atoms with Gasteiger partial charge in [-0.15, -0.1) is 0 Å². The largest absolute Gasteiger partial charge is 0.361 e. The van der Waals surface area contributed by atoms with E-state index in [1.54, 1.807) is 6.21 Å². The van der Waals surface area contributed by atoms with Gasteiger partial charge in [0.05, 0.1) is 0 Å². The summed E-state index contributed by atoms with van der Waals surface area (Å²) in [6.07, 6.45) is 6.29. The summed E-state index contributed by atoms with van der Waals surface area (Å²) in [5.74, 6) is 0.0256. The lowest BCUT2D eigenvalue weighted by Crippen LogP contribution is -2.56. The average Bonchev–Trinajstić information content (AvgIpc) is 3.30. The van der Waals surface area contributed by atoms with Crippen molar-refractivity contribution in [3.05, 3.63) is 77.9 Å². The van der Waals surface area contributed by atoms with Gasteiger partial charge in [0.25, 0.3) is 0 Å². The Labute approximate surface area is 175 Å². The van der Waals surface area contributed by atoms with E-state index in [0.29, 0.717) is 6.42 Å². The van der Waals surface area contributed by atoms with Crippen molar-refractivity contribution in [3.8, 4) is 0 Å². The molecule has 0 saturated heterocycles. The Bertz CT molecular complexity index is 1310. The minimum absolute atomic E-state index is 0.590. The van der Waals surface area contributed by atoms with Crippen molar-refractivity contribution in [1.82, 2.24) is 14.9 Å². The smallest absolute Gasteiger partial charge is 0.187 e. The minimum atomic E-state index is -0.893. The quantitative estimate of drug-likeness (QED) is 0.490. The molecule has 5 rings (SSSR count). The van der Waals surface area contributed by atoms with Crippen LogP contribution in [0.1, 0.15) is 11.3 Å². The van der Waals surface area contributed by atoms with E-state index in [9.17, 15) is 0 Å². The fourth-order valence-corrected chi connectivity index (χ4v) is 4.17. The molecule has 0 radical (unpaired) electrons. The third-order valence-electron chi connectivity index (χ3n) is 5.99. The third-order valence-corrected chi connectivity index (χ3v) is 5.99. The molecule has 2 aromatic carbocycles. The lowest BCUT2D eigenvalue weighted by molar-refractivity contribution is 0.375. The van der Waals surface area contributed by atoms with Gasteiger partial charge < -0.3 is 19.8 Å². The number of nitrogens with zero attached hydrogens (tertiary/aromatic N) is 3. The molecular formula is C24H26N6. The summed E-state index contributed by atoms with van der Waals surface area (Å²) < 4.78 is 2.20. The van der Waals surface area contributed by atoms with Crippen molar-refractivity contribution >= 4 is 33.7 Å².